The molecule has 2 aromatic heterocycles. The highest BCUT2D eigenvalue weighted by Gasteiger charge is 2.27. The molecule has 162 valence electrons. The van der Waals surface area contributed by atoms with Gasteiger partial charge in [0.2, 0.25) is 5.91 Å². The highest BCUT2D eigenvalue weighted by molar-refractivity contribution is 7.99. The topological polar surface area (TPSA) is 63.9 Å². The molecule has 6 nitrogen and oxygen atoms in total. The first-order chi connectivity index (χ1) is 15.7. The Hall–Kier alpha value is -3.04. The lowest BCUT2D eigenvalue weighted by Crippen LogP contribution is -2.32. The van der Waals surface area contributed by atoms with Crippen LogP contribution < -0.4 is 4.90 Å². The molecule has 9 heteroatoms. The predicted octanol–water partition coefficient (Wildman–Crippen LogP) is 5.20. The van der Waals surface area contributed by atoms with E-state index in [0.717, 1.165) is 34.8 Å². The highest BCUT2D eigenvalue weighted by atomic mass is 32.2. The van der Waals surface area contributed by atoms with Crippen LogP contribution in [0.5, 0.6) is 0 Å². The summed E-state index contributed by atoms with van der Waals surface area (Å²) in [5.41, 5.74) is 2.55. The Bertz CT molecular complexity index is 1200. The second-order valence-electron chi connectivity index (χ2n) is 7.53. The van der Waals surface area contributed by atoms with Gasteiger partial charge in [0.05, 0.1) is 18.0 Å². The minimum absolute atomic E-state index is 0.0517. The summed E-state index contributed by atoms with van der Waals surface area (Å²) in [6.45, 7) is 0.423. The number of halogens is 1. The SMILES string of the molecule is O=C(CSc1nncn1C1CC1)N(Cc1ccccc1)c1nc(-c2ccc(F)cc2)cs1. The highest BCUT2D eigenvalue weighted by Crippen LogP contribution is 2.37. The van der Waals surface area contributed by atoms with Gasteiger partial charge in [0.25, 0.3) is 0 Å². The third-order valence-electron chi connectivity index (χ3n) is 5.15. The lowest BCUT2D eigenvalue weighted by molar-refractivity contribution is -0.116. The summed E-state index contributed by atoms with van der Waals surface area (Å²) in [4.78, 5) is 19.7. The lowest BCUT2D eigenvalue weighted by Gasteiger charge is -2.20. The Morgan fingerprint density at radius 2 is 1.94 bits per heavy atom. The molecule has 1 amide bonds. The van der Waals surface area contributed by atoms with Gasteiger partial charge in [-0.2, -0.15) is 0 Å². The number of nitrogens with zero attached hydrogens (tertiary/aromatic N) is 5. The van der Waals surface area contributed by atoms with Crippen LogP contribution in [0.3, 0.4) is 0 Å². The van der Waals surface area contributed by atoms with Crippen molar-refractivity contribution in [2.75, 3.05) is 10.7 Å². The zero-order valence-corrected chi connectivity index (χ0v) is 18.7. The molecule has 1 aliphatic carbocycles. The van der Waals surface area contributed by atoms with Crippen molar-refractivity contribution >= 4 is 34.1 Å². The molecule has 1 fully saturated rings. The van der Waals surface area contributed by atoms with Gasteiger partial charge < -0.3 is 4.57 Å². The number of anilines is 1. The van der Waals surface area contributed by atoms with Gasteiger partial charge in [-0.15, -0.1) is 21.5 Å². The zero-order chi connectivity index (χ0) is 21.9. The standard InChI is InChI=1S/C23H20FN5OS2/c24-18-8-6-17(7-9-18)20-13-31-22(26-20)28(12-16-4-2-1-3-5-16)21(30)14-32-23-27-25-15-29(23)19-10-11-19/h1-9,13,15,19H,10-12,14H2. The second-order valence-corrected chi connectivity index (χ2v) is 9.31. The number of carbonyl (C=O) groups excluding carboxylic acids is 1. The van der Waals surface area contributed by atoms with E-state index in [0.29, 0.717) is 17.7 Å². The van der Waals surface area contributed by atoms with Crippen LogP contribution in [0.15, 0.2) is 71.5 Å². The van der Waals surface area contributed by atoms with Crippen LogP contribution in [-0.4, -0.2) is 31.4 Å². The van der Waals surface area contributed by atoms with E-state index in [2.05, 4.69) is 19.7 Å². The fourth-order valence-electron chi connectivity index (χ4n) is 3.31. The van der Waals surface area contributed by atoms with E-state index in [-0.39, 0.29) is 17.5 Å². The van der Waals surface area contributed by atoms with Crippen molar-refractivity contribution in [3.05, 3.63) is 77.7 Å². The smallest absolute Gasteiger partial charge is 0.239 e. The van der Waals surface area contributed by atoms with E-state index in [9.17, 15) is 9.18 Å². The van der Waals surface area contributed by atoms with Crippen LogP contribution in [0.1, 0.15) is 24.4 Å². The minimum atomic E-state index is -0.291. The third-order valence-corrected chi connectivity index (χ3v) is 6.96. The first-order valence-electron chi connectivity index (χ1n) is 10.3. The summed E-state index contributed by atoms with van der Waals surface area (Å²) < 4.78 is 15.3. The van der Waals surface area contributed by atoms with Gasteiger partial charge in [0.1, 0.15) is 12.1 Å². The van der Waals surface area contributed by atoms with Crippen LogP contribution in [0, 0.1) is 5.82 Å². The Balaban J connectivity index is 1.37. The minimum Gasteiger partial charge on any atom is -0.306 e. The fraction of sp³-hybridized carbons (Fsp3) is 0.217. The Morgan fingerprint density at radius 1 is 1.16 bits per heavy atom. The number of thioether (sulfide) groups is 1. The summed E-state index contributed by atoms with van der Waals surface area (Å²) in [5, 5.41) is 11.5. The normalized spacial score (nSPS) is 13.3. The van der Waals surface area contributed by atoms with Crippen molar-refractivity contribution in [3.63, 3.8) is 0 Å². The average Bonchev–Trinajstić information content (AvgIpc) is 3.35. The van der Waals surface area contributed by atoms with Crippen molar-refractivity contribution in [2.45, 2.75) is 30.6 Å². The number of amides is 1. The van der Waals surface area contributed by atoms with Crippen molar-refractivity contribution in [1.29, 1.82) is 0 Å². The van der Waals surface area contributed by atoms with Crippen molar-refractivity contribution in [3.8, 4) is 11.3 Å². The fourth-order valence-corrected chi connectivity index (χ4v) is 5.02. The zero-order valence-electron chi connectivity index (χ0n) is 17.1. The van der Waals surface area contributed by atoms with Gasteiger partial charge in [0.15, 0.2) is 10.3 Å². The molecule has 5 rings (SSSR count). The van der Waals surface area contributed by atoms with Gasteiger partial charge in [-0.05, 0) is 42.7 Å². The summed E-state index contributed by atoms with van der Waals surface area (Å²) >= 11 is 2.81. The molecular formula is C23H20FN5OS2. The lowest BCUT2D eigenvalue weighted by atomic mass is 10.2. The van der Waals surface area contributed by atoms with Gasteiger partial charge in [-0.25, -0.2) is 9.37 Å². The van der Waals surface area contributed by atoms with Crippen LogP contribution in [0.25, 0.3) is 11.3 Å². The van der Waals surface area contributed by atoms with Crippen LogP contribution in [0.2, 0.25) is 0 Å². The number of hydrogen-bond acceptors (Lipinski definition) is 6. The number of thiazole rings is 1. The molecule has 0 radical (unpaired) electrons. The van der Waals surface area contributed by atoms with Gasteiger partial charge in [0, 0.05) is 17.0 Å². The molecule has 0 spiro atoms. The average molecular weight is 466 g/mol. The van der Waals surface area contributed by atoms with Gasteiger partial charge >= 0.3 is 0 Å². The molecular weight excluding hydrogens is 445 g/mol. The Labute approximate surface area is 193 Å². The molecule has 4 aromatic rings. The van der Waals surface area contributed by atoms with E-state index in [1.165, 1.54) is 35.2 Å². The maximum Gasteiger partial charge on any atom is 0.239 e. The molecule has 0 saturated heterocycles. The summed E-state index contributed by atoms with van der Waals surface area (Å²) in [6.07, 6.45) is 4.00. The number of hydrogen-bond donors (Lipinski definition) is 0. The van der Waals surface area contributed by atoms with E-state index < -0.39 is 0 Å². The molecule has 32 heavy (non-hydrogen) atoms. The number of aromatic nitrogens is 4. The molecule has 0 aliphatic heterocycles. The summed E-state index contributed by atoms with van der Waals surface area (Å²) in [5.74, 6) is -0.102. The van der Waals surface area contributed by atoms with E-state index in [1.54, 1.807) is 23.4 Å². The molecule has 0 atom stereocenters. The van der Waals surface area contributed by atoms with E-state index in [1.807, 2.05) is 35.7 Å². The largest absolute Gasteiger partial charge is 0.306 e. The Morgan fingerprint density at radius 3 is 2.69 bits per heavy atom. The van der Waals surface area contributed by atoms with Crippen molar-refractivity contribution < 1.29 is 9.18 Å². The molecule has 0 N–H and O–H groups in total. The quantitative estimate of drug-likeness (QED) is 0.335. The maximum absolute atomic E-state index is 13.3. The first-order valence-corrected chi connectivity index (χ1v) is 12.1. The molecule has 1 saturated carbocycles. The Kier molecular flexibility index (Phi) is 6.00. The van der Waals surface area contributed by atoms with Crippen molar-refractivity contribution in [1.82, 2.24) is 19.7 Å². The molecule has 2 heterocycles. The van der Waals surface area contributed by atoms with E-state index >= 15 is 0 Å². The predicted molar refractivity (Wildman–Crippen MR) is 124 cm³/mol. The van der Waals surface area contributed by atoms with Crippen LogP contribution in [0.4, 0.5) is 9.52 Å². The molecule has 0 unspecified atom stereocenters. The van der Waals surface area contributed by atoms with Crippen LogP contribution in [-0.2, 0) is 11.3 Å². The summed E-state index contributed by atoms with van der Waals surface area (Å²) in [6, 6.07) is 16.5. The van der Waals surface area contributed by atoms with Crippen molar-refractivity contribution in [2.24, 2.45) is 0 Å². The first kappa shape index (κ1) is 20.8. The van der Waals surface area contributed by atoms with Crippen LogP contribution >= 0.6 is 23.1 Å². The third kappa shape index (κ3) is 4.73. The number of carbonyl (C=O) groups is 1. The van der Waals surface area contributed by atoms with Gasteiger partial charge in [-0.3, -0.25) is 9.69 Å². The molecule has 2 aromatic carbocycles. The number of benzene rings is 2. The monoisotopic (exact) mass is 465 g/mol. The van der Waals surface area contributed by atoms with E-state index in [4.69, 9.17) is 0 Å². The number of rotatable bonds is 8. The van der Waals surface area contributed by atoms with Gasteiger partial charge in [-0.1, -0.05) is 42.1 Å². The molecule has 0 bridgehead atoms. The maximum atomic E-state index is 13.3. The summed E-state index contributed by atoms with van der Waals surface area (Å²) in [7, 11) is 0. The molecule has 1 aliphatic rings. The second kappa shape index (κ2) is 9.22.